The molecule has 9 heteroatoms. The number of carbonyl (C=O) groups excluding carboxylic acids is 1. The van der Waals surface area contributed by atoms with E-state index in [9.17, 15) is 26.4 Å². The molecule has 2 aromatic carbocycles. The lowest BCUT2D eigenvalue weighted by molar-refractivity contribution is -0.137. The van der Waals surface area contributed by atoms with Crippen molar-refractivity contribution in [2.24, 2.45) is 5.92 Å². The third kappa shape index (κ3) is 5.89. The van der Waals surface area contributed by atoms with E-state index in [0.29, 0.717) is 31.5 Å². The molecule has 174 valence electrons. The van der Waals surface area contributed by atoms with E-state index in [1.165, 1.54) is 12.1 Å². The molecule has 2 aromatic rings. The van der Waals surface area contributed by atoms with Crippen LogP contribution >= 0.6 is 0 Å². The third-order valence-corrected chi connectivity index (χ3v) is 6.18. The van der Waals surface area contributed by atoms with E-state index >= 15 is 0 Å². The fourth-order valence-corrected chi connectivity index (χ4v) is 4.77. The predicted molar refractivity (Wildman–Crippen MR) is 117 cm³/mol. The van der Waals surface area contributed by atoms with Crippen LogP contribution in [0.4, 0.5) is 13.2 Å². The van der Waals surface area contributed by atoms with Gasteiger partial charge in [-0.05, 0) is 53.1 Å². The number of nitrogens with one attached hydrogen (secondary N) is 1. The first-order chi connectivity index (χ1) is 14.8. The van der Waals surface area contributed by atoms with Gasteiger partial charge in [0, 0.05) is 13.1 Å². The summed E-state index contributed by atoms with van der Waals surface area (Å²) in [5.74, 6) is -0.142. The van der Waals surface area contributed by atoms with Crippen LogP contribution in [0.1, 0.15) is 37.0 Å². The molecule has 5 nitrogen and oxygen atoms in total. The highest BCUT2D eigenvalue weighted by Gasteiger charge is 2.32. The highest BCUT2D eigenvalue weighted by molar-refractivity contribution is 7.88. The SMILES string of the molecule is CC(C)C[C@@H](NS(C)(=O)=O)C(=O)N1CCc2c(cccc2-c2ccc(C(F)(F)F)cc2)C1. The van der Waals surface area contributed by atoms with Crippen LogP contribution in [0.3, 0.4) is 0 Å². The van der Waals surface area contributed by atoms with E-state index in [-0.39, 0.29) is 11.8 Å². The second-order valence-electron chi connectivity index (χ2n) is 8.60. The van der Waals surface area contributed by atoms with E-state index in [4.69, 9.17) is 0 Å². The molecule has 0 unspecified atom stereocenters. The van der Waals surface area contributed by atoms with Gasteiger partial charge >= 0.3 is 6.18 Å². The van der Waals surface area contributed by atoms with Gasteiger partial charge < -0.3 is 4.90 Å². The zero-order valence-corrected chi connectivity index (χ0v) is 19.1. The Morgan fingerprint density at radius 1 is 1.12 bits per heavy atom. The topological polar surface area (TPSA) is 66.5 Å². The van der Waals surface area contributed by atoms with Crippen molar-refractivity contribution in [1.29, 1.82) is 0 Å². The Morgan fingerprint density at radius 2 is 1.78 bits per heavy atom. The molecular formula is C23H27F3N2O3S. The van der Waals surface area contributed by atoms with Crippen molar-refractivity contribution in [1.82, 2.24) is 9.62 Å². The summed E-state index contributed by atoms with van der Waals surface area (Å²) in [6, 6.07) is 9.82. The predicted octanol–water partition coefficient (Wildman–Crippen LogP) is 4.22. The Labute approximate surface area is 186 Å². The summed E-state index contributed by atoms with van der Waals surface area (Å²) in [5, 5.41) is 0. The van der Waals surface area contributed by atoms with Gasteiger partial charge in [0.15, 0.2) is 0 Å². The number of rotatable bonds is 6. The largest absolute Gasteiger partial charge is 0.416 e. The van der Waals surface area contributed by atoms with Crippen molar-refractivity contribution >= 4 is 15.9 Å². The Morgan fingerprint density at radius 3 is 2.34 bits per heavy atom. The lowest BCUT2D eigenvalue weighted by Crippen LogP contribution is -2.50. The van der Waals surface area contributed by atoms with Gasteiger partial charge in [0.05, 0.1) is 11.8 Å². The number of hydrogen-bond acceptors (Lipinski definition) is 3. The minimum absolute atomic E-state index is 0.126. The monoisotopic (exact) mass is 468 g/mol. The second-order valence-corrected chi connectivity index (χ2v) is 10.4. The number of benzene rings is 2. The Bertz CT molecular complexity index is 1080. The highest BCUT2D eigenvalue weighted by Crippen LogP contribution is 2.34. The highest BCUT2D eigenvalue weighted by atomic mass is 32.2. The van der Waals surface area contributed by atoms with Gasteiger partial charge in [-0.2, -0.15) is 13.2 Å². The Hall–Kier alpha value is -2.39. The summed E-state index contributed by atoms with van der Waals surface area (Å²) >= 11 is 0. The molecule has 0 fully saturated rings. The van der Waals surface area contributed by atoms with Crippen LogP contribution in [0.15, 0.2) is 42.5 Å². The van der Waals surface area contributed by atoms with Crippen LogP contribution < -0.4 is 4.72 Å². The normalized spacial score (nSPS) is 15.5. The summed E-state index contributed by atoms with van der Waals surface area (Å²) in [6.07, 6.45) is -2.43. The molecule has 32 heavy (non-hydrogen) atoms. The molecule has 3 rings (SSSR count). The Kier molecular flexibility index (Phi) is 7.00. The number of halogens is 3. The second kappa shape index (κ2) is 9.23. The zero-order chi connectivity index (χ0) is 23.7. The van der Waals surface area contributed by atoms with Gasteiger partial charge in [-0.3, -0.25) is 4.79 Å². The van der Waals surface area contributed by atoms with Gasteiger partial charge in [-0.25, -0.2) is 13.1 Å². The molecule has 1 atom stereocenters. The van der Waals surface area contributed by atoms with E-state index < -0.39 is 27.8 Å². The average molecular weight is 469 g/mol. The lowest BCUT2D eigenvalue weighted by atomic mass is 9.90. The number of nitrogens with zero attached hydrogens (tertiary/aromatic N) is 1. The molecule has 1 aliphatic heterocycles. The van der Waals surface area contributed by atoms with E-state index in [1.807, 2.05) is 32.0 Å². The molecule has 1 heterocycles. The van der Waals surface area contributed by atoms with Gasteiger partial charge in [0.1, 0.15) is 6.04 Å². The van der Waals surface area contributed by atoms with Crippen LogP contribution in [-0.4, -0.2) is 38.1 Å². The molecule has 0 aliphatic carbocycles. The van der Waals surface area contributed by atoms with Gasteiger partial charge in [0.25, 0.3) is 0 Å². The summed E-state index contributed by atoms with van der Waals surface area (Å²) in [5.41, 5.74) is 2.73. The molecule has 1 amide bonds. The minimum atomic E-state index is -4.39. The van der Waals surface area contributed by atoms with Crippen LogP contribution in [0.5, 0.6) is 0 Å². The number of carbonyl (C=O) groups is 1. The van der Waals surface area contributed by atoms with Gasteiger partial charge in [0.2, 0.25) is 15.9 Å². The smallest absolute Gasteiger partial charge is 0.337 e. The van der Waals surface area contributed by atoms with Crippen molar-refractivity contribution in [3.05, 3.63) is 59.2 Å². The number of hydrogen-bond donors (Lipinski definition) is 1. The van der Waals surface area contributed by atoms with Crippen molar-refractivity contribution in [3.63, 3.8) is 0 Å². The van der Waals surface area contributed by atoms with E-state index in [1.54, 1.807) is 4.90 Å². The van der Waals surface area contributed by atoms with Crippen LogP contribution in [-0.2, 0) is 34.0 Å². The molecule has 1 aliphatic rings. The summed E-state index contributed by atoms with van der Waals surface area (Å²) in [6.45, 7) is 4.57. The van der Waals surface area contributed by atoms with Gasteiger partial charge in [-0.1, -0.05) is 44.2 Å². The van der Waals surface area contributed by atoms with E-state index in [0.717, 1.165) is 35.1 Å². The lowest BCUT2D eigenvalue weighted by Gasteiger charge is -2.33. The van der Waals surface area contributed by atoms with Crippen molar-refractivity contribution in [2.75, 3.05) is 12.8 Å². The van der Waals surface area contributed by atoms with Crippen molar-refractivity contribution < 1.29 is 26.4 Å². The van der Waals surface area contributed by atoms with E-state index in [2.05, 4.69) is 4.72 Å². The standard InChI is InChI=1S/C23H27F3N2O3S/c1-15(2)13-21(27-32(3,30)31)22(29)28-12-11-20-17(14-28)5-4-6-19(20)16-7-9-18(10-8-16)23(24,25)26/h4-10,15,21,27H,11-14H2,1-3H3/t21-/m1/s1. The fraction of sp³-hybridized carbons (Fsp3) is 0.435. The van der Waals surface area contributed by atoms with Crippen LogP contribution in [0.2, 0.25) is 0 Å². The molecule has 0 saturated carbocycles. The molecule has 0 aromatic heterocycles. The fourth-order valence-electron chi connectivity index (χ4n) is 4.06. The molecule has 0 saturated heterocycles. The minimum Gasteiger partial charge on any atom is -0.337 e. The number of sulfonamides is 1. The summed E-state index contributed by atoms with van der Waals surface area (Å²) in [4.78, 5) is 14.7. The van der Waals surface area contributed by atoms with Crippen LogP contribution in [0.25, 0.3) is 11.1 Å². The van der Waals surface area contributed by atoms with Crippen LogP contribution in [0, 0.1) is 5.92 Å². The zero-order valence-electron chi connectivity index (χ0n) is 18.2. The molecule has 1 N–H and O–H groups in total. The molecule has 0 radical (unpaired) electrons. The maximum Gasteiger partial charge on any atom is 0.416 e. The quantitative estimate of drug-likeness (QED) is 0.690. The Balaban J connectivity index is 1.84. The van der Waals surface area contributed by atoms with Crippen molar-refractivity contribution in [3.8, 4) is 11.1 Å². The average Bonchev–Trinajstić information content (AvgIpc) is 2.70. The molecule has 0 bridgehead atoms. The first-order valence-electron chi connectivity index (χ1n) is 10.4. The first kappa shape index (κ1) is 24.3. The summed E-state index contributed by atoms with van der Waals surface area (Å²) in [7, 11) is -3.55. The van der Waals surface area contributed by atoms with Gasteiger partial charge in [-0.15, -0.1) is 0 Å². The maximum atomic E-state index is 13.1. The number of alkyl halides is 3. The third-order valence-electron chi connectivity index (χ3n) is 5.46. The maximum absolute atomic E-state index is 13.1. The first-order valence-corrected chi connectivity index (χ1v) is 12.3. The number of fused-ring (bicyclic) bond motifs is 1. The van der Waals surface area contributed by atoms with Crippen molar-refractivity contribution in [2.45, 2.75) is 45.5 Å². The molecule has 0 spiro atoms. The number of amides is 1. The molecular weight excluding hydrogens is 441 g/mol. The summed E-state index contributed by atoms with van der Waals surface area (Å²) < 4.78 is 64.6.